The van der Waals surface area contributed by atoms with Crippen LogP contribution in [0, 0.1) is 6.92 Å². The van der Waals surface area contributed by atoms with Gasteiger partial charge in [-0.15, -0.1) is 11.3 Å². The first-order chi connectivity index (χ1) is 12.8. The molecule has 1 fully saturated rings. The highest BCUT2D eigenvalue weighted by Gasteiger charge is 2.23. The van der Waals surface area contributed by atoms with Crippen LogP contribution in [0.15, 0.2) is 23.2 Å². The Balaban J connectivity index is 1.72. The predicted molar refractivity (Wildman–Crippen MR) is 112 cm³/mol. The van der Waals surface area contributed by atoms with Crippen LogP contribution in [0.4, 0.5) is 5.13 Å². The molecule has 0 bridgehead atoms. The summed E-state index contributed by atoms with van der Waals surface area (Å²) in [6.07, 6.45) is 1.74. The number of thioether (sulfide) groups is 1. The van der Waals surface area contributed by atoms with E-state index in [-0.39, 0.29) is 27.4 Å². The number of amides is 1. The fraction of sp³-hybridized carbons (Fsp3) is 0.375. The van der Waals surface area contributed by atoms with E-state index in [1.54, 1.807) is 6.92 Å². The van der Waals surface area contributed by atoms with Crippen molar-refractivity contribution in [1.82, 2.24) is 9.88 Å². The highest BCUT2D eigenvalue weighted by molar-refractivity contribution is 7.99. The molecule has 2 aromatic rings. The fourth-order valence-electron chi connectivity index (χ4n) is 2.71. The summed E-state index contributed by atoms with van der Waals surface area (Å²) in [5.41, 5.74) is 0.440. The number of sulfonamides is 1. The Hall–Kier alpha value is -1.000. The highest BCUT2D eigenvalue weighted by atomic mass is 35.5. The van der Waals surface area contributed by atoms with E-state index in [9.17, 15) is 13.2 Å². The normalized spacial score (nSPS) is 15.0. The zero-order valence-corrected chi connectivity index (χ0v) is 18.3. The number of aryl methyl sites for hydroxylation is 1. The van der Waals surface area contributed by atoms with E-state index in [4.69, 9.17) is 23.2 Å². The van der Waals surface area contributed by atoms with Crippen LogP contribution in [0.1, 0.15) is 10.4 Å². The van der Waals surface area contributed by atoms with Crippen LogP contribution in [0.5, 0.6) is 0 Å². The van der Waals surface area contributed by atoms with Gasteiger partial charge in [-0.1, -0.05) is 23.2 Å². The molecule has 0 radical (unpaired) electrons. The summed E-state index contributed by atoms with van der Waals surface area (Å²) < 4.78 is 27.8. The number of rotatable bonds is 5. The van der Waals surface area contributed by atoms with Crippen LogP contribution in [0.2, 0.25) is 10.0 Å². The zero-order valence-electron chi connectivity index (χ0n) is 14.4. The molecule has 0 spiro atoms. The molecule has 146 valence electrons. The number of carbonyl (C=O) groups is 1. The smallest absolute Gasteiger partial charge is 0.265 e. The van der Waals surface area contributed by atoms with E-state index in [1.165, 1.54) is 18.3 Å². The van der Waals surface area contributed by atoms with Crippen LogP contribution >= 0.6 is 46.3 Å². The Morgan fingerprint density at radius 2 is 2.00 bits per heavy atom. The number of benzene rings is 1. The molecule has 1 saturated heterocycles. The summed E-state index contributed by atoms with van der Waals surface area (Å²) in [6.45, 7) is 3.11. The van der Waals surface area contributed by atoms with Crippen molar-refractivity contribution in [1.29, 1.82) is 0 Å². The maximum absolute atomic E-state index is 12.7. The molecule has 1 aliphatic rings. The van der Waals surface area contributed by atoms with E-state index < -0.39 is 10.0 Å². The van der Waals surface area contributed by atoms with Crippen LogP contribution in [-0.4, -0.2) is 48.8 Å². The Morgan fingerprint density at radius 3 is 2.67 bits per heavy atom. The number of carbonyl (C=O) groups excluding carboxylic acids is 1. The van der Waals surface area contributed by atoms with Crippen molar-refractivity contribution in [2.45, 2.75) is 18.2 Å². The molecule has 1 amide bonds. The molecule has 1 aliphatic heterocycles. The Bertz CT molecular complexity index is 934. The minimum absolute atomic E-state index is 0.0324. The third kappa shape index (κ3) is 5.08. The summed E-state index contributed by atoms with van der Waals surface area (Å²) in [6, 6.07) is 2.92. The van der Waals surface area contributed by atoms with Gasteiger partial charge in [0.15, 0.2) is 5.13 Å². The van der Waals surface area contributed by atoms with Gasteiger partial charge in [0.1, 0.15) is 4.90 Å². The molecule has 27 heavy (non-hydrogen) atoms. The topological polar surface area (TPSA) is 79.4 Å². The number of nitrogens with one attached hydrogen (secondary N) is 1. The molecule has 11 heteroatoms. The second kappa shape index (κ2) is 8.57. The van der Waals surface area contributed by atoms with Crippen molar-refractivity contribution in [3.63, 3.8) is 0 Å². The van der Waals surface area contributed by atoms with Gasteiger partial charge in [0.25, 0.3) is 10.0 Å². The monoisotopic (exact) mass is 465 g/mol. The Morgan fingerprint density at radius 1 is 1.30 bits per heavy atom. The van der Waals surface area contributed by atoms with Crippen molar-refractivity contribution in [3.05, 3.63) is 38.8 Å². The Kier molecular flexibility index (Phi) is 6.58. The summed E-state index contributed by atoms with van der Waals surface area (Å²) in [5.74, 6) is 1.92. The SMILES string of the molecule is Cc1cc(Cl)cc(Cl)c1S(=O)(=O)Nc1ncc(CC(=O)N2CCSCC2)s1. The standard InChI is InChI=1S/C16H17Cl2N3O3S3/c1-10-6-11(17)7-13(18)15(10)27(23,24)20-16-19-9-12(26-16)8-14(22)21-2-4-25-5-3-21/h6-7,9H,2-5,8H2,1H3,(H,19,20). The first-order valence-corrected chi connectivity index (χ1v) is 12.3. The molecule has 3 rings (SSSR count). The lowest BCUT2D eigenvalue weighted by Crippen LogP contribution is -2.38. The van der Waals surface area contributed by atoms with Gasteiger partial charge >= 0.3 is 0 Å². The predicted octanol–water partition coefficient (Wildman–Crippen LogP) is 3.68. The summed E-state index contributed by atoms with van der Waals surface area (Å²) in [5, 5.41) is 0.599. The van der Waals surface area contributed by atoms with Gasteiger partial charge < -0.3 is 4.90 Å². The first kappa shape index (κ1) is 20.7. The summed E-state index contributed by atoms with van der Waals surface area (Å²) >= 11 is 14.9. The zero-order chi connectivity index (χ0) is 19.6. The second-order valence-corrected chi connectivity index (χ2v) is 10.7. The maximum Gasteiger partial charge on any atom is 0.265 e. The lowest BCUT2D eigenvalue weighted by Gasteiger charge is -2.26. The van der Waals surface area contributed by atoms with Gasteiger partial charge in [-0.2, -0.15) is 11.8 Å². The number of halogens is 2. The number of anilines is 1. The maximum atomic E-state index is 12.7. The van der Waals surface area contributed by atoms with Gasteiger partial charge in [0.2, 0.25) is 5.91 Å². The second-order valence-electron chi connectivity index (χ2n) is 5.94. The van der Waals surface area contributed by atoms with Gasteiger partial charge in [0, 0.05) is 40.7 Å². The average molecular weight is 466 g/mol. The fourth-order valence-corrected chi connectivity index (χ4v) is 6.84. The number of thiazole rings is 1. The minimum Gasteiger partial charge on any atom is -0.341 e. The van der Waals surface area contributed by atoms with Crippen molar-refractivity contribution in [2.24, 2.45) is 0 Å². The molecule has 0 atom stereocenters. The number of hydrogen-bond donors (Lipinski definition) is 1. The minimum atomic E-state index is -3.92. The molecule has 6 nitrogen and oxygen atoms in total. The molecule has 0 saturated carbocycles. The molecule has 1 N–H and O–H groups in total. The average Bonchev–Trinajstić information content (AvgIpc) is 3.00. The first-order valence-electron chi connectivity index (χ1n) is 8.05. The van der Waals surface area contributed by atoms with Crippen molar-refractivity contribution < 1.29 is 13.2 Å². The van der Waals surface area contributed by atoms with Crippen LogP contribution in [0.25, 0.3) is 0 Å². The third-order valence-corrected chi connectivity index (χ3v) is 8.08. The van der Waals surface area contributed by atoms with E-state index >= 15 is 0 Å². The number of nitrogens with zero attached hydrogens (tertiary/aromatic N) is 2. The van der Waals surface area contributed by atoms with Crippen LogP contribution in [0.3, 0.4) is 0 Å². The molecular formula is C16H17Cl2N3O3S3. The van der Waals surface area contributed by atoms with Gasteiger partial charge in [-0.05, 0) is 24.6 Å². The van der Waals surface area contributed by atoms with E-state index in [1.807, 2.05) is 16.7 Å². The Labute approximate surface area is 176 Å². The number of hydrogen-bond acceptors (Lipinski definition) is 6. The number of aromatic nitrogens is 1. The molecule has 0 unspecified atom stereocenters. The lowest BCUT2D eigenvalue weighted by molar-refractivity contribution is -0.130. The molecular weight excluding hydrogens is 449 g/mol. The van der Waals surface area contributed by atoms with Crippen molar-refractivity contribution >= 4 is 67.4 Å². The van der Waals surface area contributed by atoms with Crippen LogP contribution < -0.4 is 4.72 Å². The van der Waals surface area contributed by atoms with Crippen molar-refractivity contribution in [3.8, 4) is 0 Å². The van der Waals surface area contributed by atoms with Gasteiger partial charge in [-0.25, -0.2) is 13.4 Å². The highest BCUT2D eigenvalue weighted by Crippen LogP contribution is 2.31. The molecule has 1 aromatic heterocycles. The summed E-state index contributed by atoms with van der Waals surface area (Å²) in [4.78, 5) is 18.9. The molecule has 1 aromatic carbocycles. The molecule has 2 heterocycles. The lowest BCUT2D eigenvalue weighted by atomic mass is 10.2. The van der Waals surface area contributed by atoms with Crippen molar-refractivity contribution in [2.75, 3.05) is 29.3 Å². The van der Waals surface area contributed by atoms with E-state index in [0.29, 0.717) is 15.5 Å². The molecule has 0 aliphatic carbocycles. The van der Waals surface area contributed by atoms with Crippen LogP contribution in [-0.2, 0) is 21.2 Å². The largest absolute Gasteiger partial charge is 0.341 e. The third-order valence-electron chi connectivity index (χ3n) is 3.93. The summed E-state index contributed by atoms with van der Waals surface area (Å²) in [7, 11) is -3.92. The van der Waals surface area contributed by atoms with Gasteiger partial charge in [-0.3, -0.25) is 9.52 Å². The van der Waals surface area contributed by atoms with E-state index in [0.717, 1.165) is 35.9 Å². The van der Waals surface area contributed by atoms with E-state index in [2.05, 4.69) is 9.71 Å². The van der Waals surface area contributed by atoms with Gasteiger partial charge in [0.05, 0.1) is 11.4 Å². The quantitative estimate of drug-likeness (QED) is 0.728.